The van der Waals surface area contributed by atoms with E-state index in [0.29, 0.717) is 12.2 Å². The fourth-order valence-corrected chi connectivity index (χ4v) is 1.80. The average Bonchev–Trinajstić information content (AvgIpc) is 2.70. The number of benzene rings is 1. The van der Waals surface area contributed by atoms with Crippen molar-refractivity contribution in [1.29, 1.82) is 0 Å². The topological polar surface area (TPSA) is 30.2 Å². The van der Waals surface area contributed by atoms with Crippen molar-refractivity contribution >= 4 is 17.4 Å². The Hall–Kier alpha value is -1.54. The molecule has 0 aliphatic carbocycles. The number of furan rings is 1. The molecule has 2 rings (SSSR count). The van der Waals surface area contributed by atoms with Gasteiger partial charge in [-0.2, -0.15) is 0 Å². The Morgan fingerprint density at radius 1 is 1.18 bits per heavy atom. The summed E-state index contributed by atoms with van der Waals surface area (Å²) >= 11 is 5.63. The van der Waals surface area contributed by atoms with Crippen LogP contribution in [0, 0.1) is 13.8 Å². The third-order valence-corrected chi connectivity index (χ3v) is 2.99. The summed E-state index contributed by atoms with van der Waals surface area (Å²) in [4.78, 5) is 11.9. The summed E-state index contributed by atoms with van der Waals surface area (Å²) in [5.41, 5.74) is 3.40. The molecule has 0 aliphatic rings. The lowest BCUT2D eigenvalue weighted by Crippen LogP contribution is -2.02. The van der Waals surface area contributed by atoms with E-state index in [0.717, 1.165) is 5.56 Å². The van der Waals surface area contributed by atoms with Crippen LogP contribution in [0.3, 0.4) is 0 Å². The summed E-state index contributed by atoms with van der Waals surface area (Å²) in [5, 5.41) is 0.244. The van der Waals surface area contributed by atoms with E-state index in [1.807, 2.05) is 32.0 Å². The highest BCUT2D eigenvalue weighted by Crippen LogP contribution is 2.16. The molecule has 0 fully saturated rings. The molecule has 0 amide bonds. The molecule has 0 aliphatic heterocycles. The van der Waals surface area contributed by atoms with Crippen LogP contribution < -0.4 is 0 Å². The SMILES string of the molecule is Cc1ccc(CC(=O)c2ccc(Cl)o2)cc1C. The van der Waals surface area contributed by atoms with Gasteiger partial charge < -0.3 is 4.42 Å². The van der Waals surface area contributed by atoms with Gasteiger partial charge in [-0.3, -0.25) is 4.79 Å². The van der Waals surface area contributed by atoms with Gasteiger partial charge in [0.25, 0.3) is 0 Å². The number of aryl methyl sites for hydroxylation is 2. The van der Waals surface area contributed by atoms with Gasteiger partial charge in [0, 0.05) is 6.42 Å². The van der Waals surface area contributed by atoms with Gasteiger partial charge in [0.15, 0.2) is 11.0 Å². The van der Waals surface area contributed by atoms with Gasteiger partial charge in [0.2, 0.25) is 5.78 Å². The molecule has 2 aromatic rings. The van der Waals surface area contributed by atoms with Gasteiger partial charge in [-0.15, -0.1) is 0 Å². The Morgan fingerprint density at radius 3 is 2.53 bits per heavy atom. The normalized spacial score (nSPS) is 10.5. The minimum absolute atomic E-state index is 0.0554. The third kappa shape index (κ3) is 2.77. The van der Waals surface area contributed by atoms with Gasteiger partial charge in [-0.1, -0.05) is 18.2 Å². The first kappa shape index (κ1) is 11.9. The van der Waals surface area contributed by atoms with Crippen LogP contribution in [0.1, 0.15) is 27.2 Å². The van der Waals surface area contributed by atoms with Crippen LogP contribution in [0.15, 0.2) is 34.7 Å². The molecule has 0 spiro atoms. The molecule has 0 atom stereocenters. The number of carbonyl (C=O) groups excluding carboxylic acids is 1. The number of rotatable bonds is 3. The number of halogens is 1. The Bertz CT molecular complexity index is 555. The fourth-order valence-electron chi connectivity index (χ4n) is 1.65. The minimum atomic E-state index is -0.0554. The highest BCUT2D eigenvalue weighted by Gasteiger charge is 2.11. The fraction of sp³-hybridized carbons (Fsp3) is 0.214. The van der Waals surface area contributed by atoms with Gasteiger partial charge in [-0.05, 0) is 54.3 Å². The van der Waals surface area contributed by atoms with Crippen LogP contribution in [0.2, 0.25) is 5.22 Å². The first-order valence-electron chi connectivity index (χ1n) is 5.41. The highest BCUT2D eigenvalue weighted by molar-refractivity contribution is 6.29. The van der Waals surface area contributed by atoms with Gasteiger partial charge in [0.05, 0.1) is 0 Å². The van der Waals surface area contributed by atoms with Crippen molar-refractivity contribution in [2.45, 2.75) is 20.3 Å². The van der Waals surface area contributed by atoms with E-state index in [1.165, 1.54) is 11.1 Å². The van der Waals surface area contributed by atoms with Crippen LogP contribution in [0.5, 0.6) is 0 Å². The smallest absolute Gasteiger partial charge is 0.202 e. The maximum absolute atomic E-state index is 11.9. The number of ketones is 1. The van der Waals surface area contributed by atoms with Crippen LogP contribution in [-0.2, 0) is 6.42 Å². The summed E-state index contributed by atoms with van der Waals surface area (Å²) in [6.07, 6.45) is 0.338. The van der Waals surface area contributed by atoms with E-state index in [-0.39, 0.29) is 11.0 Å². The number of Topliss-reactive ketones (excluding diaryl/α,β-unsaturated/α-hetero) is 1. The summed E-state index contributed by atoms with van der Waals surface area (Å²) in [7, 11) is 0. The molecule has 17 heavy (non-hydrogen) atoms. The molecular weight excluding hydrogens is 236 g/mol. The predicted octanol–water partition coefficient (Wildman–Crippen LogP) is 3.98. The van der Waals surface area contributed by atoms with E-state index in [1.54, 1.807) is 12.1 Å². The molecule has 1 heterocycles. The van der Waals surface area contributed by atoms with Crippen molar-refractivity contribution < 1.29 is 9.21 Å². The van der Waals surface area contributed by atoms with Crippen LogP contribution in [-0.4, -0.2) is 5.78 Å². The maximum atomic E-state index is 11.9. The Kier molecular flexibility index (Phi) is 3.34. The van der Waals surface area contributed by atoms with Crippen LogP contribution >= 0.6 is 11.6 Å². The molecule has 0 radical (unpaired) electrons. The van der Waals surface area contributed by atoms with Crippen LogP contribution in [0.25, 0.3) is 0 Å². The minimum Gasteiger partial charge on any atom is -0.442 e. The van der Waals surface area contributed by atoms with Gasteiger partial charge >= 0.3 is 0 Å². The Morgan fingerprint density at radius 2 is 1.94 bits per heavy atom. The zero-order valence-electron chi connectivity index (χ0n) is 9.79. The molecule has 1 aromatic carbocycles. The summed E-state index contributed by atoms with van der Waals surface area (Å²) in [6, 6.07) is 9.19. The first-order valence-corrected chi connectivity index (χ1v) is 5.79. The predicted molar refractivity (Wildman–Crippen MR) is 67.7 cm³/mol. The standard InChI is InChI=1S/C14H13ClO2/c1-9-3-4-11(7-10(9)2)8-12(16)13-5-6-14(15)17-13/h3-7H,8H2,1-2H3. The summed E-state index contributed by atoms with van der Waals surface area (Å²) in [6.45, 7) is 4.08. The molecule has 3 heteroatoms. The number of hydrogen-bond donors (Lipinski definition) is 0. The van der Waals surface area contributed by atoms with E-state index in [4.69, 9.17) is 16.0 Å². The average molecular weight is 249 g/mol. The molecule has 0 unspecified atom stereocenters. The number of hydrogen-bond acceptors (Lipinski definition) is 2. The van der Waals surface area contributed by atoms with Crippen LogP contribution in [0.4, 0.5) is 0 Å². The third-order valence-electron chi connectivity index (χ3n) is 2.78. The summed E-state index contributed by atoms with van der Waals surface area (Å²) < 4.78 is 5.09. The van der Waals surface area contributed by atoms with Gasteiger partial charge in [0.1, 0.15) is 0 Å². The lowest BCUT2D eigenvalue weighted by molar-refractivity contribution is 0.0966. The largest absolute Gasteiger partial charge is 0.442 e. The Labute approximate surface area is 105 Å². The Balaban J connectivity index is 2.15. The molecule has 1 aromatic heterocycles. The van der Waals surface area contributed by atoms with Crippen molar-refractivity contribution in [3.63, 3.8) is 0 Å². The van der Waals surface area contributed by atoms with E-state index < -0.39 is 0 Å². The second kappa shape index (κ2) is 4.76. The molecule has 88 valence electrons. The van der Waals surface area contributed by atoms with Crippen molar-refractivity contribution in [1.82, 2.24) is 0 Å². The second-order valence-corrected chi connectivity index (χ2v) is 4.49. The molecular formula is C14H13ClO2. The molecule has 0 bridgehead atoms. The molecule has 0 saturated heterocycles. The van der Waals surface area contributed by atoms with Crippen molar-refractivity contribution in [3.05, 3.63) is 58.0 Å². The lowest BCUT2D eigenvalue weighted by Gasteiger charge is -2.03. The van der Waals surface area contributed by atoms with Crippen molar-refractivity contribution in [2.75, 3.05) is 0 Å². The molecule has 0 saturated carbocycles. The summed E-state index contributed by atoms with van der Waals surface area (Å²) in [5.74, 6) is 0.258. The van der Waals surface area contributed by atoms with Crippen molar-refractivity contribution in [3.8, 4) is 0 Å². The molecule has 2 nitrogen and oxygen atoms in total. The zero-order valence-corrected chi connectivity index (χ0v) is 10.5. The maximum Gasteiger partial charge on any atom is 0.202 e. The first-order chi connectivity index (χ1) is 8.06. The monoisotopic (exact) mass is 248 g/mol. The second-order valence-electron chi connectivity index (χ2n) is 4.12. The van der Waals surface area contributed by atoms with Gasteiger partial charge in [-0.25, -0.2) is 0 Å². The molecule has 0 N–H and O–H groups in total. The lowest BCUT2D eigenvalue weighted by atomic mass is 10.0. The number of carbonyl (C=O) groups is 1. The van der Waals surface area contributed by atoms with E-state index in [2.05, 4.69) is 0 Å². The van der Waals surface area contributed by atoms with Crippen molar-refractivity contribution in [2.24, 2.45) is 0 Å². The quantitative estimate of drug-likeness (QED) is 0.770. The van der Waals surface area contributed by atoms with E-state index in [9.17, 15) is 4.79 Å². The zero-order chi connectivity index (χ0) is 12.4. The van der Waals surface area contributed by atoms with E-state index >= 15 is 0 Å². The highest BCUT2D eigenvalue weighted by atomic mass is 35.5.